The van der Waals surface area contributed by atoms with Gasteiger partial charge in [-0.05, 0) is 29.8 Å². The van der Waals surface area contributed by atoms with Gasteiger partial charge in [-0.15, -0.1) is 5.10 Å². The molecule has 132 valence electrons. The predicted molar refractivity (Wildman–Crippen MR) is 107 cm³/mol. The van der Waals surface area contributed by atoms with Crippen molar-refractivity contribution in [1.82, 2.24) is 9.78 Å². The molecule has 2 N–H and O–H groups in total. The number of hydrogen-bond donors (Lipinski definition) is 1. The molecule has 0 saturated carbocycles. The topological polar surface area (TPSA) is 77.8 Å². The number of thioether (sulfide) groups is 1. The Balaban J connectivity index is 1.72. The first-order valence-electron chi connectivity index (χ1n) is 7.97. The van der Waals surface area contributed by atoms with Crippen LogP contribution in [-0.4, -0.2) is 28.3 Å². The van der Waals surface area contributed by atoms with Crippen molar-refractivity contribution >= 4 is 23.1 Å². The van der Waals surface area contributed by atoms with Crippen LogP contribution in [0.25, 0.3) is 5.69 Å². The summed E-state index contributed by atoms with van der Waals surface area (Å²) in [5, 5.41) is 12.9. The lowest BCUT2D eigenvalue weighted by atomic mass is 10.2. The van der Waals surface area contributed by atoms with E-state index in [1.54, 1.807) is 24.2 Å². The van der Waals surface area contributed by atoms with Crippen molar-refractivity contribution in [1.29, 1.82) is 0 Å². The van der Waals surface area contributed by atoms with Crippen molar-refractivity contribution < 1.29 is 4.74 Å². The number of rotatable bonds is 6. The molecule has 7 heteroatoms. The fraction of sp³-hybridized carbons (Fsp3) is 0.105. The first kappa shape index (κ1) is 17.8. The molecule has 1 heterocycles. The minimum absolute atomic E-state index is 0.411. The van der Waals surface area contributed by atoms with Gasteiger partial charge in [-0.3, -0.25) is 0 Å². The van der Waals surface area contributed by atoms with Gasteiger partial charge in [-0.2, -0.15) is 10.2 Å². The highest BCUT2D eigenvalue weighted by Crippen LogP contribution is 2.19. The van der Waals surface area contributed by atoms with Gasteiger partial charge in [0.05, 0.1) is 19.0 Å². The molecule has 0 fully saturated rings. The summed E-state index contributed by atoms with van der Waals surface area (Å²) in [4.78, 5) is 0. The molecule has 0 spiro atoms. The summed E-state index contributed by atoms with van der Waals surface area (Å²) < 4.78 is 7.05. The predicted octanol–water partition coefficient (Wildman–Crippen LogP) is 3.46. The summed E-state index contributed by atoms with van der Waals surface area (Å²) in [6, 6.07) is 17.6. The zero-order chi connectivity index (χ0) is 18.2. The molecule has 2 aromatic carbocycles. The minimum Gasteiger partial charge on any atom is -0.497 e. The van der Waals surface area contributed by atoms with Gasteiger partial charge in [0, 0.05) is 23.7 Å². The van der Waals surface area contributed by atoms with Gasteiger partial charge in [0.15, 0.2) is 5.17 Å². The third kappa shape index (κ3) is 4.73. The Morgan fingerprint density at radius 3 is 2.81 bits per heavy atom. The molecular weight excluding hydrogens is 346 g/mol. The first-order valence-corrected chi connectivity index (χ1v) is 8.96. The van der Waals surface area contributed by atoms with Gasteiger partial charge in [-0.1, -0.05) is 42.1 Å². The van der Waals surface area contributed by atoms with Crippen molar-refractivity contribution in [2.75, 3.05) is 7.11 Å². The molecule has 3 aromatic rings. The van der Waals surface area contributed by atoms with Crippen LogP contribution in [0.15, 0.2) is 77.2 Å². The number of benzene rings is 2. The molecule has 0 amide bonds. The van der Waals surface area contributed by atoms with E-state index in [2.05, 4.69) is 27.4 Å². The lowest BCUT2D eigenvalue weighted by molar-refractivity contribution is 0.414. The third-order valence-corrected chi connectivity index (χ3v) is 4.42. The maximum Gasteiger partial charge on any atom is 0.180 e. The Morgan fingerprint density at radius 1 is 1.23 bits per heavy atom. The summed E-state index contributed by atoms with van der Waals surface area (Å²) in [6.07, 6.45) is 5.24. The average molecular weight is 365 g/mol. The van der Waals surface area contributed by atoms with Gasteiger partial charge in [0.25, 0.3) is 0 Å². The molecule has 0 aliphatic rings. The first-order chi connectivity index (χ1) is 12.8. The average Bonchev–Trinajstić information content (AvgIpc) is 3.21. The second-order valence-corrected chi connectivity index (χ2v) is 6.33. The molecule has 0 radical (unpaired) electrons. The molecule has 0 atom stereocenters. The lowest BCUT2D eigenvalue weighted by Crippen LogP contribution is -2.06. The summed E-state index contributed by atoms with van der Waals surface area (Å²) in [7, 11) is 1.63. The fourth-order valence-electron chi connectivity index (χ4n) is 2.29. The second kappa shape index (κ2) is 8.87. The number of nitrogens with two attached hydrogens (primary N) is 1. The molecule has 3 rings (SSSR count). The van der Waals surface area contributed by atoms with Crippen LogP contribution in [0.1, 0.15) is 11.1 Å². The number of methoxy groups -OCH3 is 1. The zero-order valence-electron chi connectivity index (χ0n) is 14.3. The fourth-order valence-corrected chi connectivity index (χ4v) is 2.90. The molecule has 1 aromatic heterocycles. The maximum absolute atomic E-state index is 5.93. The van der Waals surface area contributed by atoms with Gasteiger partial charge in [-0.25, -0.2) is 4.68 Å². The molecule has 0 aliphatic heterocycles. The normalized spacial score (nSPS) is 11.8. The van der Waals surface area contributed by atoms with Crippen molar-refractivity contribution in [2.24, 2.45) is 15.9 Å². The smallest absolute Gasteiger partial charge is 0.180 e. The highest BCUT2D eigenvalue weighted by Gasteiger charge is 2.05. The van der Waals surface area contributed by atoms with Gasteiger partial charge in [0.1, 0.15) is 5.75 Å². The van der Waals surface area contributed by atoms with Crippen LogP contribution in [0.5, 0.6) is 5.75 Å². The largest absolute Gasteiger partial charge is 0.497 e. The third-order valence-electron chi connectivity index (χ3n) is 3.57. The standard InChI is InChI=1S/C19H19N5OS/c1-25-17-8-9-18(24-11-5-10-22-24)16(12-17)13-21-23-19(20)26-14-15-6-3-2-4-7-15/h2-13H,14H2,1H3,(H2,20,23). The van der Waals surface area contributed by atoms with E-state index < -0.39 is 0 Å². The molecule has 26 heavy (non-hydrogen) atoms. The quantitative estimate of drug-likeness (QED) is 0.412. The Kier molecular flexibility index (Phi) is 6.05. The van der Waals surface area contributed by atoms with E-state index in [9.17, 15) is 0 Å². The number of hydrogen-bond acceptors (Lipinski definition) is 5. The Bertz CT molecular complexity index is 892. The Labute approximate surface area is 156 Å². The van der Waals surface area contributed by atoms with E-state index in [0.717, 1.165) is 22.8 Å². The molecule has 0 unspecified atom stereocenters. The van der Waals surface area contributed by atoms with E-state index in [-0.39, 0.29) is 0 Å². The number of aromatic nitrogens is 2. The number of nitrogens with zero attached hydrogens (tertiary/aromatic N) is 4. The van der Waals surface area contributed by atoms with Crippen LogP contribution in [0.3, 0.4) is 0 Å². The zero-order valence-corrected chi connectivity index (χ0v) is 15.1. The van der Waals surface area contributed by atoms with E-state index in [4.69, 9.17) is 10.5 Å². The summed E-state index contributed by atoms with van der Waals surface area (Å²) in [6.45, 7) is 0. The monoisotopic (exact) mass is 365 g/mol. The summed E-state index contributed by atoms with van der Waals surface area (Å²) >= 11 is 1.45. The molecule has 0 aliphatic carbocycles. The van der Waals surface area contributed by atoms with Crippen LogP contribution in [0.2, 0.25) is 0 Å². The highest BCUT2D eigenvalue weighted by atomic mass is 32.2. The van der Waals surface area contributed by atoms with Gasteiger partial charge >= 0.3 is 0 Å². The second-order valence-electron chi connectivity index (χ2n) is 5.33. The van der Waals surface area contributed by atoms with Gasteiger partial charge < -0.3 is 10.5 Å². The number of ether oxygens (including phenoxy) is 1. The van der Waals surface area contributed by atoms with E-state index in [1.807, 2.05) is 48.7 Å². The van der Waals surface area contributed by atoms with Crippen LogP contribution < -0.4 is 10.5 Å². The maximum atomic E-state index is 5.93. The van der Waals surface area contributed by atoms with Crippen molar-refractivity contribution in [2.45, 2.75) is 5.75 Å². The van der Waals surface area contributed by atoms with Crippen LogP contribution >= 0.6 is 11.8 Å². The van der Waals surface area contributed by atoms with Crippen molar-refractivity contribution in [3.05, 3.63) is 78.1 Å². The summed E-state index contributed by atoms with van der Waals surface area (Å²) in [5.41, 5.74) is 8.83. The number of amidine groups is 1. The minimum atomic E-state index is 0.411. The Hall–Kier alpha value is -3.06. The van der Waals surface area contributed by atoms with Crippen LogP contribution in [-0.2, 0) is 5.75 Å². The molecule has 0 saturated heterocycles. The van der Waals surface area contributed by atoms with Crippen LogP contribution in [0.4, 0.5) is 0 Å². The SMILES string of the molecule is COc1ccc(-n2cccn2)c(C=NN=C(N)SCc2ccccc2)c1. The lowest BCUT2D eigenvalue weighted by Gasteiger charge is -2.07. The molecule has 0 bridgehead atoms. The van der Waals surface area contributed by atoms with E-state index in [1.165, 1.54) is 17.3 Å². The van der Waals surface area contributed by atoms with E-state index >= 15 is 0 Å². The van der Waals surface area contributed by atoms with Crippen molar-refractivity contribution in [3.63, 3.8) is 0 Å². The molecular formula is C19H19N5OS. The molecule has 6 nitrogen and oxygen atoms in total. The Morgan fingerprint density at radius 2 is 2.08 bits per heavy atom. The van der Waals surface area contributed by atoms with E-state index in [0.29, 0.717) is 5.17 Å². The van der Waals surface area contributed by atoms with Crippen molar-refractivity contribution in [3.8, 4) is 11.4 Å². The van der Waals surface area contributed by atoms with Gasteiger partial charge in [0.2, 0.25) is 0 Å². The highest BCUT2D eigenvalue weighted by molar-refractivity contribution is 8.13. The van der Waals surface area contributed by atoms with Crippen LogP contribution in [0, 0.1) is 0 Å². The summed E-state index contributed by atoms with van der Waals surface area (Å²) in [5.74, 6) is 1.49.